The molecule has 2 aromatic rings. The lowest BCUT2D eigenvalue weighted by molar-refractivity contribution is 0.0851. The van der Waals surface area contributed by atoms with Crippen molar-refractivity contribution in [3.8, 4) is 5.75 Å². The number of fused-ring (bicyclic) bond motifs is 1. The maximum atomic E-state index is 11.8. The van der Waals surface area contributed by atoms with E-state index < -0.39 is 0 Å². The van der Waals surface area contributed by atoms with E-state index in [9.17, 15) is 9.90 Å². The van der Waals surface area contributed by atoms with Gasteiger partial charge in [0.15, 0.2) is 0 Å². The number of nitrogens with one attached hydrogen (secondary N) is 1. The van der Waals surface area contributed by atoms with Gasteiger partial charge in [0.05, 0.1) is 10.6 Å². The lowest BCUT2D eigenvalue weighted by atomic mass is 9.88. The Kier molecular flexibility index (Phi) is 5.02. The van der Waals surface area contributed by atoms with Gasteiger partial charge in [-0.25, -0.2) is 4.79 Å². The number of anilines is 1. The van der Waals surface area contributed by atoms with Crippen molar-refractivity contribution in [3.63, 3.8) is 0 Å². The van der Waals surface area contributed by atoms with Gasteiger partial charge in [-0.05, 0) is 66.6 Å². The van der Waals surface area contributed by atoms with E-state index in [0.29, 0.717) is 18.2 Å². The molecular weight excluding hydrogens is 360 g/mol. The minimum absolute atomic E-state index is 0.0828. The van der Waals surface area contributed by atoms with Gasteiger partial charge in [0.25, 0.3) is 0 Å². The zero-order chi connectivity index (χ0) is 19.0. The van der Waals surface area contributed by atoms with Crippen LogP contribution in [0.1, 0.15) is 35.4 Å². The third-order valence-electron chi connectivity index (χ3n) is 5.46. The van der Waals surface area contributed by atoms with Gasteiger partial charge in [-0.2, -0.15) is 0 Å². The Bertz CT molecular complexity index is 878. The van der Waals surface area contributed by atoms with E-state index in [1.165, 1.54) is 5.56 Å². The molecule has 2 aliphatic rings. The first-order valence-electron chi connectivity index (χ1n) is 9.27. The lowest BCUT2D eigenvalue weighted by Gasteiger charge is -2.27. The summed E-state index contributed by atoms with van der Waals surface area (Å²) < 4.78 is 5.49. The standard InChI is InChI=1S/C21H24N2O3S/c1-13-17(14-7-9-26-10-8-14)4-6-19(24)20(13)27-16-3-5-18-15(11-16)12-22-21(25)23(18)2/h3-6,11,14,24H,7-10,12H2,1-2H3,(H,22,25). The molecule has 142 valence electrons. The highest BCUT2D eigenvalue weighted by Gasteiger charge is 2.23. The molecule has 0 aromatic heterocycles. The number of urea groups is 1. The van der Waals surface area contributed by atoms with Gasteiger partial charge in [-0.15, -0.1) is 0 Å². The smallest absolute Gasteiger partial charge is 0.321 e. The topological polar surface area (TPSA) is 61.8 Å². The molecule has 2 heterocycles. The van der Waals surface area contributed by atoms with Gasteiger partial charge in [0, 0.05) is 31.7 Å². The first-order chi connectivity index (χ1) is 13.0. The molecule has 1 fully saturated rings. The minimum atomic E-state index is -0.0828. The Morgan fingerprint density at radius 2 is 2.00 bits per heavy atom. The molecule has 6 heteroatoms. The van der Waals surface area contributed by atoms with Crippen LogP contribution in [0.4, 0.5) is 10.5 Å². The number of aromatic hydroxyl groups is 1. The monoisotopic (exact) mass is 384 g/mol. The highest BCUT2D eigenvalue weighted by molar-refractivity contribution is 7.99. The van der Waals surface area contributed by atoms with Gasteiger partial charge >= 0.3 is 6.03 Å². The molecule has 2 aliphatic heterocycles. The molecule has 0 atom stereocenters. The minimum Gasteiger partial charge on any atom is -0.507 e. The van der Waals surface area contributed by atoms with E-state index in [2.05, 4.69) is 24.4 Å². The average molecular weight is 385 g/mol. The molecule has 5 nitrogen and oxygen atoms in total. The predicted molar refractivity (Wildman–Crippen MR) is 107 cm³/mol. The fourth-order valence-electron chi connectivity index (χ4n) is 3.88. The van der Waals surface area contributed by atoms with Gasteiger partial charge in [0.2, 0.25) is 0 Å². The number of hydrogen-bond acceptors (Lipinski definition) is 4. The van der Waals surface area contributed by atoms with Crippen molar-refractivity contribution in [2.24, 2.45) is 0 Å². The number of benzene rings is 2. The molecular formula is C21H24N2O3S. The molecule has 0 spiro atoms. The van der Waals surface area contributed by atoms with Gasteiger partial charge < -0.3 is 15.2 Å². The molecule has 0 saturated carbocycles. The normalized spacial score (nSPS) is 17.6. The number of ether oxygens (including phenoxy) is 1. The molecule has 2 aromatic carbocycles. The third-order valence-corrected chi connectivity index (χ3v) is 6.66. The summed E-state index contributed by atoms with van der Waals surface area (Å²) >= 11 is 1.58. The zero-order valence-corrected chi connectivity index (χ0v) is 16.4. The molecule has 2 N–H and O–H groups in total. The maximum absolute atomic E-state index is 11.8. The van der Waals surface area contributed by atoms with Crippen molar-refractivity contribution in [1.82, 2.24) is 5.32 Å². The molecule has 0 radical (unpaired) electrons. The molecule has 27 heavy (non-hydrogen) atoms. The van der Waals surface area contributed by atoms with Crippen LogP contribution in [0.5, 0.6) is 5.75 Å². The number of phenols is 1. The summed E-state index contributed by atoms with van der Waals surface area (Å²) in [5, 5.41) is 13.4. The molecule has 2 amide bonds. The highest BCUT2D eigenvalue weighted by atomic mass is 32.2. The van der Waals surface area contributed by atoms with Crippen molar-refractivity contribution in [3.05, 3.63) is 47.0 Å². The first-order valence-corrected chi connectivity index (χ1v) is 10.1. The predicted octanol–water partition coefficient (Wildman–Crippen LogP) is 4.41. The summed E-state index contributed by atoms with van der Waals surface area (Å²) in [6.07, 6.45) is 2.06. The van der Waals surface area contributed by atoms with Gasteiger partial charge in [-0.1, -0.05) is 17.8 Å². The Morgan fingerprint density at radius 3 is 2.78 bits per heavy atom. The van der Waals surface area contributed by atoms with Gasteiger partial charge in [0.1, 0.15) is 5.75 Å². The summed E-state index contributed by atoms with van der Waals surface area (Å²) in [7, 11) is 1.77. The van der Waals surface area contributed by atoms with Crippen molar-refractivity contribution in [2.45, 2.75) is 42.0 Å². The number of carbonyl (C=O) groups is 1. The van der Waals surface area contributed by atoms with Crippen LogP contribution in [-0.2, 0) is 11.3 Å². The Hall–Kier alpha value is -2.18. The summed E-state index contributed by atoms with van der Waals surface area (Å²) in [6, 6.07) is 9.87. The molecule has 0 aliphatic carbocycles. The summed E-state index contributed by atoms with van der Waals surface area (Å²) in [5.41, 5.74) is 4.47. The van der Waals surface area contributed by atoms with Crippen LogP contribution in [0, 0.1) is 6.92 Å². The van der Waals surface area contributed by atoms with Crippen LogP contribution in [0.15, 0.2) is 40.1 Å². The highest BCUT2D eigenvalue weighted by Crippen LogP contribution is 2.42. The summed E-state index contributed by atoms with van der Waals surface area (Å²) in [4.78, 5) is 15.4. The first kappa shape index (κ1) is 18.2. The second-order valence-corrected chi connectivity index (χ2v) is 8.21. The van der Waals surface area contributed by atoms with E-state index >= 15 is 0 Å². The Labute approximate surface area is 163 Å². The second kappa shape index (κ2) is 7.44. The van der Waals surface area contributed by atoms with Crippen LogP contribution in [0.2, 0.25) is 0 Å². The quantitative estimate of drug-likeness (QED) is 0.823. The van der Waals surface area contributed by atoms with Crippen LogP contribution in [0.25, 0.3) is 0 Å². The van der Waals surface area contributed by atoms with Gasteiger partial charge in [-0.3, -0.25) is 4.90 Å². The van der Waals surface area contributed by atoms with E-state index in [4.69, 9.17) is 4.74 Å². The zero-order valence-electron chi connectivity index (χ0n) is 15.6. The Balaban J connectivity index is 1.64. The summed E-state index contributed by atoms with van der Waals surface area (Å²) in [6.45, 7) is 4.23. The van der Waals surface area contributed by atoms with Crippen molar-refractivity contribution >= 4 is 23.5 Å². The number of phenolic OH excluding ortho intramolecular Hbond substituents is 1. The van der Waals surface area contributed by atoms with Crippen LogP contribution in [-0.4, -0.2) is 31.4 Å². The van der Waals surface area contributed by atoms with Crippen LogP contribution >= 0.6 is 11.8 Å². The third kappa shape index (κ3) is 3.51. The number of nitrogens with zero attached hydrogens (tertiary/aromatic N) is 1. The molecule has 4 rings (SSSR count). The lowest BCUT2D eigenvalue weighted by Crippen LogP contribution is -2.41. The Morgan fingerprint density at radius 1 is 1.22 bits per heavy atom. The van der Waals surface area contributed by atoms with Crippen molar-refractivity contribution in [2.75, 3.05) is 25.2 Å². The number of carbonyl (C=O) groups excluding carboxylic acids is 1. The molecule has 1 saturated heterocycles. The van der Waals surface area contributed by atoms with E-state index in [0.717, 1.165) is 52.7 Å². The molecule has 0 bridgehead atoms. The largest absolute Gasteiger partial charge is 0.507 e. The average Bonchev–Trinajstić information content (AvgIpc) is 2.69. The number of hydrogen-bond donors (Lipinski definition) is 2. The number of amides is 2. The van der Waals surface area contributed by atoms with E-state index in [-0.39, 0.29) is 6.03 Å². The van der Waals surface area contributed by atoms with Crippen LogP contribution in [0.3, 0.4) is 0 Å². The van der Waals surface area contributed by atoms with E-state index in [1.54, 1.807) is 23.7 Å². The molecule has 0 unspecified atom stereocenters. The second-order valence-electron chi connectivity index (χ2n) is 7.12. The fourth-order valence-corrected chi connectivity index (χ4v) is 4.90. The van der Waals surface area contributed by atoms with Crippen LogP contribution < -0.4 is 10.2 Å². The SMILES string of the molecule is Cc1c(C2CCOCC2)ccc(O)c1Sc1ccc2c(c1)CNC(=O)N2C. The van der Waals surface area contributed by atoms with Crippen molar-refractivity contribution < 1.29 is 14.6 Å². The fraction of sp³-hybridized carbons (Fsp3) is 0.381. The maximum Gasteiger partial charge on any atom is 0.321 e. The summed E-state index contributed by atoms with van der Waals surface area (Å²) in [5.74, 6) is 0.808. The van der Waals surface area contributed by atoms with Crippen molar-refractivity contribution in [1.29, 1.82) is 0 Å². The number of rotatable bonds is 3. The van der Waals surface area contributed by atoms with E-state index in [1.807, 2.05) is 18.2 Å².